The molecular formula is C10H12N2O5S. The number of aryl methyl sites for hydroxylation is 1. The second kappa shape index (κ2) is 6.10. The molecule has 98 valence electrons. The molecule has 0 aliphatic carbocycles. The van der Waals surface area contributed by atoms with Crippen LogP contribution in [0, 0.1) is 6.92 Å². The van der Waals surface area contributed by atoms with Gasteiger partial charge in [0.15, 0.2) is 0 Å². The Kier molecular flexibility index (Phi) is 4.78. The molecule has 1 aromatic rings. The number of carbonyl (C=O) groups excluding carboxylic acids is 1. The van der Waals surface area contributed by atoms with Crippen LogP contribution in [0.4, 0.5) is 0 Å². The van der Waals surface area contributed by atoms with Crippen LogP contribution in [0.3, 0.4) is 0 Å². The summed E-state index contributed by atoms with van der Waals surface area (Å²) in [6.45, 7) is 1.69. The van der Waals surface area contributed by atoms with E-state index < -0.39 is 17.8 Å². The van der Waals surface area contributed by atoms with Gasteiger partial charge in [0.25, 0.3) is 0 Å². The minimum absolute atomic E-state index is 0.106. The van der Waals surface area contributed by atoms with Gasteiger partial charge in [-0.25, -0.2) is 9.78 Å². The average Bonchev–Trinajstić information content (AvgIpc) is 2.65. The van der Waals surface area contributed by atoms with Gasteiger partial charge in [-0.3, -0.25) is 9.59 Å². The van der Waals surface area contributed by atoms with Crippen LogP contribution in [0.25, 0.3) is 0 Å². The highest BCUT2D eigenvalue weighted by Crippen LogP contribution is 2.17. The number of carbonyl (C=O) groups is 3. The summed E-state index contributed by atoms with van der Waals surface area (Å²) < 4.78 is 0. The highest BCUT2D eigenvalue weighted by atomic mass is 32.1. The molecule has 0 fully saturated rings. The van der Waals surface area contributed by atoms with E-state index in [1.807, 2.05) is 0 Å². The maximum atomic E-state index is 11.2. The Balaban J connectivity index is 2.48. The Hall–Kier alpha value is -1.96. The minimum atomic E-state index is -1.05. The first-order valence-electron chi connectivity index (χ1n) is 5.08. The van der Waals surface area contributed by atoms with Crippen molar-refractivity contribution in [2.24, 2.45) is 0 Å². The zero-order valence-corrected chi connectivity index (χ0v) is 10.4. The van der Waals surface area contributed by atoms with Crippen molar-refractivity contribution >= 4 is 29.2 Å². The number of nitrogens with one attached hydrogen (secondary N) is 1. The summed E-state index contributed by atoms with van der Waals surface area (Å²) in [4.78, 5) is 36.4. The maximum absolute atomic E-state index is 11.2. The summed E-state index contributed by atoms with van der Waals surface area (Å²) in [5, 5.41) is 20.2. The molecule has 7 nitrogen and oxygen atoms in total. The minimum Gasteiger partial charge on any atom is -0.481 e. The van der Waals surface area contributed by atoms with E-state index in [1.54, 1.807) is 6.92 Å². The molecule has 1 heterocycles. The molecule has 3 N–H and O–H groups in total. The molecular weight excluding hydrogens is 260 g/mol. The van der Waals surface area contributed by atoms with Gasteiger partial charge in [-0.2, -0.15) is 0 Å². The predicted octanol–water partition coefficient (Wildman–Crippen LogP) is 0.631. The van der Waals surface area contributed by atoms with Gasteiger partial charge < -0.3 is 15.5 Å². The lowest BCUT2D eigenvalue weighted by atomic mass is 10.3. The van der Waals surface area contributed by atoms with Gasteiger partial charge in [0, 0.05) is 6.42 Å². The fourth-order valence-electron chi connectivity index (χ4n) is 1.21. The summed E-state index contributed by atoms with van der Waals surface area (Å²) in [5.41, 5.74) is 0.405. The molecule has 8 heteroatoms. The number of hydrogen-bond acceptors (Lipinski definition) is 5. The fourth-order valence-corrected chi connectivity index (χ4v) is 2.05. The zero-order chi connectivity index (χ0) is 13.7. The lowest BCUT2D eigenvalue weighted by molar-refractivity contribution is -0.138. The van der Waals surface area contributed by atoms with E-state index in [2.05, 4.69) is 10.3 Å². The number of hydrogen-bond donors (Lipinski definition) is 3. The van der Waals surface area contributed by atoms with Gasteiger partial charge in [0.1, 0.15) is 9.88 Å². The van der Waals surface area contributed by atoms with Crippen molar-refractivity contribution in [1.82, 2.24) is 10.3 Å². The monoisotopic (exact) mass is 272 g/mol. The molecule has 0 unspecified atom stereocenters. The Morgan fingerprint density at radius 3 is 2.44 bits per heavy atom. The molecule has 0 atom stereocenters. The fraction of sp³-hybridized carbons (Fsp3) is 0.400. The van der Waals surface area contributed by atoms with Gasteiger partial charge >= 0.3 is 11.9 Å². The standard InChI is InChI=1S/C10H12N2O5S/c1-5-9(10(16)17)18-7(12-5)4-11-6(13)2-3-8(14)15/h2-4H2,1H3,(H,11,13)(H,14,15)(H,16,17). The van der Waals surface area contributed by atoms with Gasteiger partial charge in [-0.1, -0.05) is 0 Å². The maximum Gasteiger partial charge on any atom is 0.347 e. The molecule has 0 aliphatic rings. The Morgan fingerprint density at radius 1 is 1.28 bits per heavy atom. The van der Waals surface area contributed by atoms with Gasteiger partial charge in [0.05, 0.1) is 18.7 Å². The first kappa shape index (κ1) is 14.1. The number of carboxylic acids is 2. The van der Waals surface area contributed by atoms with E-state index in [0.717, 1.165) is 11.3 Å². The van der Waals surface area contributed by atoms with Crippen molar-refractivity contribution in [2.45, 2.75) is 26.3 Å². The summed E-state index contributed by atoms with van der Waals surface area (Å²) in [6, 6.07) is 0. The van der Waals surface area contributed by atoms with Crippen molar-refractivity contribution in [3.05, 3.63) is 15.6 Å². The first-order valence-corrected chi connectivity index (χ1v) is 5.90. The van der Waals surface area contributed by atoms with Gasteiger partial charge in [-0.05, 0) is 6.92 Å². The molecule has 0 aromatic carbocycles. The Labute approximate surface area is 106 Å². The number of carboxylic acid groups (broad SMARTS) is 2. The number of amides is 1. The van der Waals surface area contributed by atoms with Crippen LogP contribution in [0.2, 0.25) is 0 Å². The van der Waals surface area contributed by atoms with Crippen molar-refractivity contribution < 1.29 is 24.6 Å². The summed E-state index contributed by atoms with van der Waals surface area (Å²) in [7, 11) is 0. The topological polar surface area (TPSA) is 117 Å². The molecule has 0 saturated heterocycles. The second-order valence-corrected chi connectivity index (χ2v) is 4.58. The first-order chi connectivity index (χ1) is 8.40. The third-order valence-electron chi connectivity index (χ3n) is 2.04. The lowest BCUT2D eigenvalue weighted by Crippen LogP contribution is -2.23. The van der Waals surface area contributed by atoms with Crippen LogP contribution in [0.5, 0.6) is 0 Å². The number of aromatic nitrogens is 1. The largest absolute Gasteiger partial charge is 0.481 e. The number of rotatable bonds is 6. The summed E-state index contributed by atoms with van der Waals surface area (Å²) >= 11 is 0.992. The molecule has 1 rings (SSSR count). The molecule has 1 aromatic heterocycles. The second-order valence-electron chi connectivity index (χ2n) is 3.50. The van der Waals surface area contributed by atoms with Crippen molar-refractivity contribution in [2.75, 3.05) is 0 Å². The van der Waals surface area contributed by atoms with Crippen LogP contribution in [0.1, 0.15) is 33.2 Å². The van der Waals surface area contributed by atoms with Crippen molar-refractivity contribution in [3.63, 3.8) is 0 Å². The Morgan fingerprint density at radius 2 is 1.94 bits per heavy atom. The van der Waals surface area contributed by atoms with E-state index >= 15 is 0 Å². The molecule has 0 saturated carbocycles. The van der Waals surface area contributed by atoms with E-state index in [4.69, 9.17) is 10.2 Å². The van der Waals surface area contributed by atoms with E-state index in [-0.39, 0.29) is 24.3 Å². The number of nitrogens with zero attached hydrogens (tertiary/aromatic N) is 1. The highest BCUT2D eigenvalue weighted by molar-refractivity contribution is 7.13. The third-order valence-corrected chi connectivity index (χ3v) is 3.18. The number of aromatic carboxylic acids is 1. The van der Waals surface area contributed by atoms with Crippen LogP contribution < -0.4 is 5.32 Å². The van der Waals surface area contributed by atoms with Crippen molar-refractivity contribution in [3.8, 4) is 0 Å². The smallest absolute Gasteiger partial charge is 0.347 e. The summed E-state index contributed by atoms with van der Waals surface area (Å²) in [5.74, 6) is -2.49. The average molecular weight is 272 g/mol. The van der Waals surface area contributed by atoms with E-state index in [0.29, 0.717) is 10.7 Å². The van der Waals surface area contributed by atoms with E-state index in [1.165, 1.54) is 0 Å². The van der Waals surface area contributed by atoms with Crippen molar-refractivity contribution in [1.29, 1.82) is 0 Å². The summed E-state index contributed by atoms with van der Waals surface area (Å²) in [6.07, 6.45) is -0.339. The van der Waals surface area contributed by atoms with E-state index in [9.17, 15) is 14.4 Å². The quantitative estimate of drug-likeness (QED) is 0.699. The molecule has 0 spiro atoms. The lowest BCUT2D eigenvalue weighted by Gasteiger charge is -2.00. The van der Waals surface area contributed by atoms with Crippen LogP contribution in [0.15, 0.2) is 0 Å². The van der Waals surface area contributed by atoms with Crippen LogP contribution in [-0.2, 0) is 16.1 Å². The van der Waals surface area contributed by atoms with Crippen LogP contribution >= 0.6 is 11.3 Å². The Bertz CT molecular complexity index is 483. The molecule has 0 bridgehead atoms. The molecule has 0 radical (unpaired) electrons. The number of aliphatic carboxylic acids is 1. The van der Waals surface area contributed by atoms with Gasteiger partial charge in [-0.15, -0.1) is 11.3 Å². The molecule has 0 aliphatic heterocycles. The SMILES string of the molecule is Cc1nc(CNC(=O)CCC(=O)O)sc1C(=O)O. The zero-order valence-electron chi connectivity index (χ0n) is 9.60. The van der Waals surface area contributed by atoms with Gasteiger partial charge in [0.2, 0.25) is 5.91 Å². The number of thiazole rings is 1. The highest BCUT2D eigenvalue weighted by Gasteiger charge is 2.14. The normalized spacial score (nSPS) is 10.1. The molecule has 1 amide bonds. The third kappa shape index (κ3) is 4.13. The predicted molar refractivity (Wildman–Crippen MR) is 62.5 cm³/mol. The van der Waals surface area contributed by atoms with Crippen LogP contribution in [-0.4, -0.2) is 33.0 Å². The molecule has 18 heavy (non-hydrogen) atoms.